The van der Waals surface area contributed by atoms with Gasteiger partial charge in [-0.2, -0.15) is 5.10 Å². The first-order valence-corrected chi connectivity index (χ1v) is 10.7. The molecule has 0 amide bonds. The number of rotatable bonds is 5. The Morgan fingerprint density at radius 3 is 2.59 bits per heavy atom. The molecular formula is C22H29N3OS. The molecule has 0 aliphatic heterocycles. The summed E-state index contributed by atoms with van der Waals surface area (Å²) < 4.78 is 5.53. The fourth-order valence-corrected chi connectivity index (χ4v) is 5.58. The molecule has 4 rings (SSSR count). The normalized spacial score (nSPS) is 27.3. The zero-order valence-electron chi connectivity index (χ0n) is 16.9. The minimum absolute atomic E-state index is 0.217. The summed E-state index contributed by atoms with van der Waals surface area (Å²) in [6, 6.07) is 8.15. The molecule has 5 heteroatoms. The van der Waals surface area contributed by atoms with E-state index in [9.17, 15) is 0 Å². The number of hydrogen-bond acceptors (Lipinski definition) is 5. The molecule has 1 aromatic carbocycles. The minimum atomic E-state index is 0.217. The van der Waals surface area contributed by atoms with Crippen LogP contribution in [0.15, 0.2) is 29.4 Å². The number of nitrogens with zero attached hydrogens (tertiary/aromatic N) is 2. The lowest BCUT2D eigenvalue weighted by Gasteiger charge is -2.34. The number of thiazole rings is 1. The smallest absolute Gasteiger partial charge is 0.204 e. The number of hydrogen-bond donors (Lipinski definition) is 1. The molecule has 2 fully saturated rings. The Bertz CT molecular complexity index is 868. The summed E-state index contributed by atoms with van der Waals surface area (Å²) in [5.74, 6) is 1.66. The van der Waals surface area contributed by atoms with Crippen molar-refractivity contribution in [1.82, 2.24) is 4.98 Å². The molecular weight excluding hydrogens is 354 g/mol. The van der Waals surface area contributed by atoms with Gasteiger partial charge in [0.2, 0.25) is 5.13 Å². The van der Waals surface area contributed by atoms with Crippen LogP contribution in [0.4, 0.5) is 5.13 Å². The van der Waals surface area contributed by atoms with Crippen molar-refractivity contribution in [2.75, 3.05) is 12.0 Å². The predicted molar refractivity (Wildman–Crippen MR) is 114 cm³/mol. The highest BCUT2D eigenvalue weighted by Crippen LogP contribution is 2.63. The number of ether oxygens (including phenoxy) is 1. The zero-order valence-corrected chi connectivity index (χ0v) is 17.7. The van der Waals surface area contributed by atoms with Crippen LogP contribution in [0.25, 0.3) is 11.3 Å². The molecule has 144 valence electrons. The molecule has 2 aromatic rings. The number of anilines is 1. The third-order valence-corrected chi connectivity index (χ3v) is 7.91. The molecule has 2 aliphatic carbocycles. The minimum Gasteiger partial charge on any atom is -0.494 e. The second-order valence-corrected chi connectivity index (χ2v) is 9.75. The second kappa shape index (κ2) is 6.62. The lowest BCUT2D eigenvalue weighted by molar-refractivity contribution is 0.194. The summed E-state index contributed by atoms with van der Waals surface area (Å²) in [5.41, 5.74) is 7.28. The van der Waals surface area contributed by atoms with Crippen LogP contribution in [-0.2, 0) is 0 Å². The third kappa shape index (κ3) is 2.96. The SMILES string of the molecule is CCOc1ccc(-c2nc(N/N=C3\C[C@H]4CC[C@@]3(C)C4(C)C)sc2C)cc1. The Labute approximate surface area is 166 Å². The largest absolute Gasteiger partial charge is 0.494 e. The molecule has 2 bridgehead atoms. The fraction of sp³-hybridized carbons (Fsp3) is 0.545. The molecule has 2 atom stereocenters. The maximum Gasteiger partial charge on any atom is 0.204 e. The van der Waals surface area contributed by atoms with E-state index >= 15 is 0 Å². The van der Waals surface area contributed by atoms with Gasteiger partial charge in [0, 0.05) is 21.6 Å². The molecule has 0 unspecified atom stereocenters. The molecule has 27 heavy (non-hydrogen) atoms. The molecule has 0 saturated heterocycles. The molecule has 1 N–H and O–H groups in total. The van der Waals surface area contributed by atoms with Crippen molar-refractivity contribution in [1.29, 1.82) is 0 Å². The summed E-state index contributed by atoms with van der Waals surface area (Å²) in [7, 11) is 0. The van der Waals surface area contributed by atoms with Crippen molar-refractivity contribution in [3.05, 3.63) is 29.1 Å². The first-order valence-electron chi connectivity index (χ1n) is 9.89. The summed E-state index contributed by atoms with van der Waals surface area (Å²) >= 11 is 1.67. The second-order valence-electron chi connectivity index (χ2n) is 8.55. The van der Waals surface area contributed by atoms with E-state index in [2.05, 4.69) is 45.3 Å². The maximum atomic E-state index is 5.53. The van der Waals surface area contributed by atoms with E-state index in [1.807, 2.05) is 19.1 Å². The molecule has 4 nitrogen and oxygen atoms in total. The molecule has 1 heterocycles. The number of nitrogens with one attached hydrogen (secondary N) is 1. The van der Waals surface area contributed by atoms with Crippen molar-refractivity contribution >= 4 is 22.2 Å². The monoisotopic (exact) mass is 383 g/mol. The zero-order chi connectivity index (χ0) is 19.2. The Kier molecular flexibility index (Phi) is 4.53. The summed E-state index contributed by atoms with van der Waals surface area (Å²) in [6.45, 7) is 12.0. The standard InChI is InChI=1S/C22H29N3OS/c1-6-26-17-9-7-15(8-10-17)19-14(2)27-20(23-19)25-24-18-13-16-11-12-22(18,5)21(16,3)4/h7-10,16H,6,11-13H2,1-5H3,(H,23,25)/b24-18+/t16-,22-/m1/s1. The topological polar surface area (TPSA) is 46.5 Å². The Morgan fingerprint density at radius 2 is 2.00 bits per heavy atom. The van der Waals surface area contributed by atoms with Crippen molar-refractivity contribution in [2.45, 2.75) is 53.9 Å². The van der Waals surface area contributed by atoms with Gasteiger partial charge in [-0.25, -0.2) is 4.98 Å². The first-order chi connectivity index (χ1) is 12.8. The summed E-state index contributed by atoms with van der Waals surface area (Å²) in [4.78, 5) is 5.99. The van der Waals surface area contributed by atoms with Gasteiger partial charge in [0.05, 0.1) is 12.3 Å². The highest BCUT2D eigenvalue weighted by atomic mass is 32.1. The number of aryl methyl sites for hydroxylation is 1. The third-order valence-electron chi connectivity index (χ3n) is 7.03. The lowest BCUT2D eigenvalue weighted by atomic mass is 9.70. The van der Waals surface area contributed by atoms with Gasteiger partial charge in [0.25, 0.3) is 0 Å². The van der Waals surface area contributed by atoms with E-state index in [4.69, 9.17) is 14.8 Å². The van der Waals surface area contributed by atoms with Gasteiger partial charge in [-0.15, -0.1) is 11.3 Å². The Balaban J connectivity index is 1.53. The molecule has 0 spiro atoms. The van der Waals surface area contributed by atoms with Crippen molar-refractivity contribution < 1.29 is 4.74 Å². The number of fused-ring (bicyclic) bond motifs is 2. The average Bonchev–Trinajstić information content (AvgIpc) is 3.18. The molecule has 2 saturated carbocycles. The van der Waals surface area contributed by atoms with Crippen LogP contribution < -0.4 is 10.2 Å². The Morgan fingerprint density at radius 1 is 1.26 bits per heavy atom. The van der Waals surface area contributed by atoms with Gasteiger partial charge >= 0.3 is 0 Å². The van der Waals surface area contributed by atoms with E-state index in [1.165, 1.54) is 23.4 Å². The maximum absolute atomic E-state index is 5.53. The van der Waals surface area contributed by atoms with Gasteiger partial charge in [-0.05, 0) is 68.7 Å². The number of hydrazone groups is 1. The van der Waals surface area contributed by atoms with Crippen molar-refractivity contribution in [3.8, 4) is 17.0 Å². The van der Waals surface area contributed by atoms with Gasteiger partial charge in [-0.3, -0.25) is 5.43 Å². The van der Waals surface area contributed by atoms with Gasteiger partial charge in [-0.1, -0.05) is 20.8 Å². The van der Waals surface area contributed by atoms with Gasteiger partial charge in [0.15, 0.2) is 0 Å². The van der Waals surface area contributed by atoms with Crippen LogP contribution in [0.5, 0.6) is 5.75 Å². The highest BCUT2D eigenvalue weighted by molar-refractivity contribution is 7.16. The van der Waals surface area contributed by atoms with E-state index < -0.39 is 0 Å². The predicted octanol–water partition coefficient (Wildman–Crippen LogP) is 6.13. The van der Waals surface area contributed by atoms with Crippen LogP contribution in [0.1, 0.15) is 51.8 Å². The van der Waals surface area contributed by atoms with Crippen LogP contribution in [0.3, 0.4) is 0 Å². The van der Waals surface area contributed by atoms with Crippen LogP contribution >= 0.6 is 11.3 Å². The van der Waals surface area contributed by atoms with E-state index in [1.54, 1.807) is 11.3 Å². The van der Waals surface area contributed by atoms with Crippen molar-refractivity contribution in [3.63, 3.8) is 0 Å². The molecule has 2 aliphatic rings. The summed E-state index contributed by atoms with van der Waals surface area (Å²) in [5, 5.41) is 5.69. The van der Waals surface area contributed by atoms with Crippen LogP contribution in [0, 0.1) is 23.7 Å². The average molecular weight is 384 g/mol. The van der Waals surface area contributed by atoms with Gasteiger partial charge < -0.3 is 4.74 Å². The number of aromatic nitrogens is 1. The van der Waals surface area contributed by atoms with Crippen LogP contribution in [-0.4, -0.2) is 17.3 Å². The fourth-order valence-electron chi connectivity index (χ4n) is 4.80. The van der Waals surface area contributed by atoms with E-state index in [0.29, 0.717) is 12.0 Å². The summed E-state index contributed by atoms with van der Waals surface area (Å²) in [6.07, 6.45) is 3.70. The van der Waals surface area contributed by atoms with Crippen molar-refractivity contribution in [2.24, 2.45) is 21.8 Å². The highest BCUT2D eigenvalue weighted by Gasteiger charge is 2.59. The molecule has 1 aromatic heterocycles. The Hall–Kier alpha value is -1.88. The van der Waals surface area contributed by atoms with E-state index in [-0.39, 0.29) is 5.41 Å². The van der Waals surface area contributed by atoms with Crippen LogP contribution in [0.2, 0.25) is 0 Å². The lowest BCUT2D eigenvalue weighted by Crippen LogP contribution is -2.32. The number of benzene rings is 1. The van der Waals surface area contributed by atoms with Gasteiger partial charge in [0.1, 0.15) is 5.75 Å². The quantitative estimate of drug-likeness (QED) is 0.632. The molecule has 0 radical (unpaired) electrons. The van der Waals surface area contributed by atoms with E-state index in [0.717, 1.165) is 34.5 Å². The first kappa shape index (κ1) is 18.5.